The number of benzene rings is 5. The first-order valence-electron chi connectivity index (χ1n) is 29.3. The van der Waals surface area contributed by atoms with Crippen molar-refractivity contribution in [2.75, 3.05) is 45.5 Å². The number of nitrogens with two attached hydrogens (primary N) is 1. The number of fused-ring (bicyclic) bond motifs is 9. The zero-order chi connectivity index (χ0) is 63.0. The summed E-state index contributed by atoms with van der Waals surface area (Å²) in [6, 6.07) is 45.3. The summed E-state index contributed by atoms with van der Waals surface area (Å²) in [4.78, 5) is 72.8. The monoisotopic (exact) mass is 1210 g/mol. The Labute approximate surface area is 521 Å². The van der Waals surface area contributed by atoms with Gasteiger partial charge in [-0.05, 0) is 163 Å². The minimum atomic E-state index is -1.30. The maximum Gasteiger partial charge on any atom is 0.326 e. The van der Waals surface area contributed by atoms with Crippen molar-refractivity contribution < 1.29 is 43.5 Å². The number of unbranched alkanes of at least 4 members (excludes halogenated alkanes) is 1. The van der Waals surface area contributed by atoms with Gasteiger partial charge in [0, 0.05) is 68.5 Å². The Balaban J connectivity index is 0.735. The number of aliphatic carboxylic acids is 1. The second-order valence-electron chi connectivity index (χ2n) is 21.4. The molecule has 1 atom stereocenters. The highest BCUT2D eigenvalue weighted by Gasteiger charge is 2.23. The highest BCUT2D eigenvalue weighted by atomic mass is 16.5. The number of amides is 2. The summed E-state index contributed by atoms with van der Waals surface area (Å²) in [7, 11) is 4.96. The predicted molar refractivity (Wildman–Crippen MR) is 351 cm³/mol. The van der Waals surface area contributed by atoms with E-state index in [4.69, 9.17) is 34.6 Å². The van der Waals surface area contributed by atoms with Crippen molar-refractivity contribution in [3.8, 4) is 73.4 Å². The summed E-state index contributed by atoms with van der Waals surface area (Å²) in [6.45, 7) is 0.955. The van der Waals surface area contributed by atoms with E-state index in [1.54, 1.807) is 45.6 Å². The van der Waals surface area contributed by atoms with Crippen LogP contribution < -0.4 is 40.6 Å². The van der Waals surface area contributed by atoms with E-state index in [1.165, 1.54) is 6.20 Å². The normalized spacial score (nSPS) is 11.9. The van der Waals surface area contributed by atoms with Crippen molar-refractivity contribution in [3.63, 3.8) is 0 Å². The lowest BCUT2D eigenvalue weighted by molar-refractivity contribution is -0.139. The van der Waals surface area contributed by atoms with Crippen molar-refractivity contribution in [1.29, 1.82) is 0 Å². The van der Waals surface area contributed by atoms with Crippen molar-refractivity contribution in [2.45, 2.75) is 38.3 Å². The van der Waals surface area contributed by atoms with Gasteiger partial charge < -0.3 is 60.8 Å². The molecule has 21 heteroatoms. The lowest BCUT2D eigenvalue weighted by Crippen LogP contribution is -2.41. The number of H-pyrrole nitrogens is 2. The SMILES string of the molecule is COc1ccc(-c2c3nc(c(-c4ccc(OC)cc4)c4ccc([nH]4)c(-c4ccc(OCCCCNC(=O)CC[C@@H](NC(=O)c5ccc(NCc6cnc7nc(N)nc(O)c7n6)cc5)C(=O)O)cc4)c4nc(c(-c5ccc(OC)cc5)c5ccc2[nH]5)C=C4)C=C3)cc1. The molecular weight excluding hydrogens is 1150 g/mol. The van der Waals surface area contributed by atoms with Gasteiger partial charge >= 0.3 is 5.97 Å². The van der Waals surface area contributed by atoms with E-state index in [-0.39, 0.29) is 53.8 Å². The van der Waals surface area contributed by atoms with Crippen LogP contribution in [-0.2, 0) is 16.1 Å². The number of carbonyl (C=O) groups is 3. The Kier molecular flexibility index (Phi) is 17.4. The summed E-state index contributed by atoms with van der Waals surface area (Å²) >= 11 is 0. The fourth-order valence-electron chi connectivity index (χ4n) is 10.9. The quantitative estimate of drug-likeness (QED) is 0.0293. The standard InChI is InChI=1S/C70H62N12O9/c1-88-47-18-8-40(9-19-47)61-51-26-28-53(76-51)62(41-10-20-48(89-2)21-11-41)55-30-32-57(78-55)64(58-33-31-56(79-58)63(54-29-27-52(61)77-54)42-12-22-49(90-3)23-13-42)43-14-24-50(25-15-43)91-37-5-4-36-72-60(83)35-34-59(69(86)87)80-67(84)44-6-16-45(17-7-44)73-38-46-39-74-66-65(75-46)68(85)82-70(71)81-66/h6-33,39,59,73,76,79H,4-5,34-38H2,1-3H3,(H,72,83)(H,80,84)(H,86,87)(H3,71,74,81,82,85)/t59-/m1/s1. The third-order valence-corrected chi connectivity index (χ3v) is 15.5. The molecule has 21 nitrogen and oxygen atoms in total. The number of nitrogens with one attached hydrogen (secondary N) is 5. The fourth-order valence-corrected chi connectivity index (χ4v) is 10.9. The number of hydrogen-bond acceptors (Lipinski definition) is 16. The molecular formula is C70H62N12O9. The fraction of sp³-hybridized carbons (Fsp3) is 0.157. The van der Waals surface area contributed by atoms with E-state index in [2.05, 4.69) is 88.3 Å². The van der Waals surface area contributed by atoms with Crippen LogP contribution in [0.1, 0.15) is 64.5 Å². The molecule has 0 saturated carbocycles. The Hall–Kier alpha value is -11.9. The molecule has 12 rings (SSSR count). The molecule has 456 valence electrons. The van der Waals surface area contributed by atoms with Crippen molar-refractivity contribution >= 4 is 87.0 Å². The van der Waals surface area contributed by atoms with Crippen LogP contribution in [0.4, 0.5) is 11.6 Å². The van der Waals surface area contributed by atoms with Gasteiger partial charge in [0.05, 0.1) is 69.1 Å². The minimum Gasteiger partial charge on any atom is -0.497 e. The summed E-state index contributed by atoms with van der Waals surface area (Å²) in [6.07, 6.45) is 10.7. The second kappa shape index (κ2) is 26.6. The van der Waals surface area contributed by atoms with Gasteiger partial charge in [0.2, 0.25) is 17.7 Å². The molecule has 0 saturated heterocycles. The third-order valence-electron chi connectivity index (χ3n) is 15.5. The van der Waals surface area contributed by atoms with E-state index in [9.17, 15) is 24.6 Å². The second-order valence-corrected chi connectivity index (χ2v) is 21.4. The number of aromatic amines is 2. The summed E-state index contributed by atoms with van der Waals surface area (Å²) in [5.74, 6) is 0.165. The molecule has 5 aromatic heterocycles. The molecule has 0 spiro atoms. The average molecular weight is 1220 g/mol. The van der Waals surface area contributed by atoms with Gasteiger partial charge in [-0.2, -0.15) is 9.97 Å². The first-order chi connectivity index (χ1) is 44.4. The molecule has 0 fully saturated rings. The number of anilines is 2. The number of methoxy groups -OCH3 is 3. The molecule has 2 aliphatic rings. The number of aromatic nitrogens is 8. The van der Waals surface area contributed by atoms with Crippen LogP contribution in [0.3, 0.4) is 0 Å². The van der Waals surface area contributed by atoms with Crippen LogP contribution in [0.5, 0.6) is 28.9 Å². The molecule has 91 heavy (non-hydrogen) atoms. The lowest BCUT2D eigenvalue weighted by Gasteiger charge is -2.15. The summed E-state index contributed by atoms with van der Waals surface area (Å²) in [5.41, 5.74) is 20.9. The van der Waals surface area contributed by atoms with Gasteiger partial charge in [-0.1, -0.05) is 48.5 Å². The van der Waals surface area contributed by atoms with E-state index >= 15 is 0 Å². The zero-order valence-corrected chi connectivity index (χ0v) is 49.8. The van der Waals surface area contributed by atoms with Crippen molar-refractivity contribution in [2.24, 2.45) is 0 Å². The van der Waals surface area contributed by atoms with E-state index in [1.807, 2.05) is 103 Å². The Morgan fingerprint density at radius 3 is 1.47 bits per heavy atom. The summed E-state index contributed by atoms with van der Waals surface area (Å²) < 4.78 is 22.9. The Morgan fingerprint density at radius 2 is 1.02 bits per heavy atom. The van der Waals surface area contributed by atoms with E-state index in [0.717, 1.165) is 107 Å². The number of nitrogens with zero attached hydrogens (tertiary/aromatic N) is 6. The van der Waals surface area contributed by atoms with Crippen LogP contribution in [0.15, 0.2) is 152 Å². The van der Waals surface area contributed by atoms with Gasteiger partial charge in [-0.15, -0.1) is 0 Å². The van der Waals surface area contributed by atoms with Gasteiger partial charge in [0.15, 0.2) is 11.2 Å². The van der Waals surface area contributed by atoms with Crippen LogP contribution >= 0.6 is 0 Å². The molecule has 5 aromatic carbocycles. The predicted octanol–water partition coefficient (Wildman–Crippen LogP) is 11.9. The number of hydrogen-bond donors (Lipinski definition) is 8. The lowest BCUT2D eigenvalue weighted by atomic mass is 10.0. The van der Waals surface area contributed by atoms with Gasteiger partial charge in [0.1, 0.15) is 29.0 Å². The number of carbonyl (C=O) groups excluding carboxylic acids is 2. The molecule has 2 amide bonds. The highest BCUT2D eigenvalue weighted by Crippen LogP contribution is 2.40. The zero-order valence-electron chi connectivity index (χ0n) is 49.8. The Morgan fingerprint density at radius 1 is 0.560 bits per heavy atom. The molecule has 7 heterocycles. The van der Waals surface area contributed by atoms with Crippen LogP contribution in [0.25, 0.3) is 102 Å². The van der Waals surface area contributed by atoms with Gasteiger partial charge in [-0.25, -0.2) is 24.7 Å². The first kappa shape index (κ1) is 59.5. The molecule has 10 aromatic rings. The first-order valence-corrected chi connectivity index (χ1v) is 29.3. The largest absolute Gasteiger partial charge is 0.497 e. The third kappa shape index (κ3) is 13.4. The summed E-state index contributed by atoms with van der Waals surface area (Å²) in [5, 5.41) is 28.6. The Bertz CT molecular complexity index is 4560. The molecule has 0 radical (unpaired) electrons. The number of aromatic hydroxyl groups is 1. The van der Waals surface area contributed by atoms with Gasteiger partial charge in [0.25, 0.3) is 5.91 Å². The van der Waals surface area contributed by atoms with E-state index in [0.29, 0.717) is 43.1 Å². The van der Waals surface area contributed by atoms with Crippen LogP contribution in [-0.4, -0.2) is 108 Å². The highest BCUT2D eigenvalue weighted by molar-refractivity contribution is 6.00. The maximum absolute atomic E-state index is 13.1. The number of rotatable bonds is 22. The molecule has 2 aliphatic heterocycles. The number of carboxylic acids is 1. The number of carboxylic acid groups (broad SMARTS) is 1. The molecule has 0 aliphatic carbocycles. The molecule has 8 bridgehead atoms. The average Bonchev–Trinajstić information content (AvgIpc) is 2.13. The smallest absolute Gasteiger partial charge is 0.326 e. The van der Waals surface area contributed by atoms with E-state index < -0.39 is 17.9 Å². The number of nitrogen functional groups attached to an aromatic ring is 1. The molecule has 9 N–H and O–H groups in total. The van der Waals surface area contributed by atoms with Gasteiger partial charge in [-0.3, -0.25) is 9.59 Å². The van der Waals surface area contributed by atoms with Crippen LogP contribution in [0.2, 0.25) is 0 Å². The minimum absolute atomic E-state index is 0.105. The van der Waals surface area contributed by atoms with Crippen LogP contribution in [0, 0.1) is 0 Å². The van der Waals surface area contributed by atoms with Crippen molar-refractivity contribution in [3.05, 3.63) is 186 Å². The number of ether oxygens (including phenoxy) is 4. The maximum atomic E-state index is 13.1. The van der Waals surface area contributed by atoms with Crippen molar-refractivity contribution in [1.82, 2.24) is 50.5 Å². The molecule has 0 unspecified atom stereocenters. The topological polar surface area (TPSA) is 300 Å².